The Morgan fingerprint density at radius 1 is 1.54 bits per heavy atom. The molecule has 0 amide bonds. The summed E-state index contributed by atoms with van der Waals surface area (Å²) in [6.45, 7) is 1.60. The molecule has 0 spiro atoms. The number of carboxylic acid groups (broad SMARTS) is 1. The maximum Gasteiger partial charge on any atom is 0.303 e. The van der Waals surface area contributed by atoms with Crippen molar-refractivity contribution in [1.82, 2.24) is 0 Å². The highest BCUT2D eigenvalue weighted by Gasteiger charge is 2.02. The number of phenolic OH excluding ortho intramolecular Hbond substituents is 1. The second-order valence-electron chi connectivity index (χ2n) is 2.48. The van der Waals surface area contributed by atoms with Crippen LogP contribution in [0.4, 0.5) is 0 Å². The number of carbonyl (C=O) groups is 1. The predicted molar refractivity (Wildman–Crippen MR) is 47.0 cm³/mol. The third kappa shape index (κ3) is 2.37. The van der Waals surface area contributed by atoms with E-state index in [-0.39, 0.29) is 12.2 Å². The molecule has 0 radical (unpaired) electrons. The molecular weight excluding hydrogens is 172 g/mol. The molecule has 2 bridgehead atoms. The van der Waals surface area contributed by atoms with E-state index in [2.05, 4.69) is 0 Å². The number of aromatic hydroxyl groups is 1. The van der Waals surface area contributed by atoms with E-state index in [4.69, 9.17) is 14.6 Å². The topological polar surface area (TPSA) is 70.7 Å². The van der Waals surface area contributed by atoms with Gasteiger partial charge in [0.05, 0.1) is 0 Å². The van der Waals surface area contributed by atoms with Crippen LogP contribution < -0.4 is 0 Å². The summed E-state index contributed by atoms with van der Waals surface area (Å²) in [5.74, 6) is -0.507. The molecule has 13 heavy (non-hydrogen) atoms. The number of fused-ring (bicyclic) bond motifs is 2. The third-order valence-corrected chi connectivity index (χ3v) is 1.46. The monoisotopic (exact) mass is 182 g/mol. The van der Waals surface area contributed by atoms with Crippen molar-refractivity contribution in [2.45, 2.75) is 13.3 Å². The zero-order chi connectivity index (χ0) is 9.84. The Labute approximate surface area is 74.7 Å². The maximum atomic E-state index is 9.37. The minimum absolute atomic E-state index is 0.222. The van der Waals surface area contributed by atoms with Gasteiger partial charge in [-0.15, -0.1) is 0 Å². The molecule has 4 nitrogen and oxygen atoms in total. The van der Waals surface area contributed by atoms with Crippen molar-refractivity contribution in [2.75, 3.05) is 0 Å². The fourth-order valence-corrected chi connectivity index (χ4v) is 0.774. The lowest BCUT2D eigenvalue weighted by molar-refractivity contribution is -0.136. The summed E-state index contributed by atoms with van der Waals surface area (Å²) in [4.78, 5) is 9.37. The Balaban J connectivity index is 0.000000149. The summed E-state index contributed by atoms with van der Waals surface area (Å²) >= 11 is 0. The van der Waals surface area contributed by atoms with Crippen molar-refractivity contribution in [2.24, 2.45) is 0 Å². The highest BCUT2D eigenvalue weighted by atomic mass is 16.4. The number of aliphatic carboxylic acids is 1. The molecule has 2 aromatic rings. The van der Waals surface area contributed by atoms with Crippen LogP contribution in [0, 0.1) is 0 Å². The Hall–Kier alpha value is -1.71. The summed E-state index contributed by atoms with van der Waals surface area (Å²) in [6.07, 6.45) is 0.222. The summed E-state index contributed by atoms with van der Waals surface area (Å²) in [5.41, 5.74) is 1.30. The van der Waals surface area contributed by atoms with Crippen molar-refractivity contribution in [3.05, 3.63) is 18.2 Å². The number of furan rings is 2. The molecule has 0 saturated heterocycles. The van der Waals surface area contributed by atoms with Crippen LogP contribution in [-0.2, 0) is 4.79 Å². The SMILES string of the molecule is CCC(=O)O.Oc1cc2ccc1o2. The molecular formula is C9H10O4. The van der Waals surface area contributed by atoms with Gasteiger partial charge in [0.1, 0.15) is 5.58 Å². The van der Waals surface area contributed by atoms with Crippen LogP contribution in [0.3, 0.4) is 0 Å². The number of benzene rings is 1. The first kappa shape index (κ1) is 9.38. The lowest BCUT2D eigenvalue weighted by Crippen LogP contribution is -1.86. The minimum Gasteiger partial charge on any atom is -0.504 e. The van der Waals surface area contributed by atoms with Crippen molar-refractivity contribution >= 4 is 17.1 Å². The maximum absolute atomic E-state index is 9.37. The smallest absolute Gasteiger partial charge is 0.303 e. The van der Waals surface area contributed by atoms with Gasteiger partial charge in [-0.2, -0.15) is 0 Å². The van der Waals surface area contributed by atoms with Gasteiger partial charge in [-0.05, 0) is 12.1 Å². The summed E-state index contributed by atoms with van der Waals surface area (Å²) in [6, 6.07) is 5.15. The van der Waals surface area contributed by atoms with E-state index < -0.39 is 5.97 Å². The van der Waals surface area contributed by atoms with Crippen molar-refractivity contribution in [3.63, 3.8) is 0 Å². The largest absolute Gasteiger partial charge is 0.504 e. The van der Waals surface area contributed by atoms with Gasteiger partial charge in [0.15, 0.2) is 11.3 Å². The standard InChI is InChI=1S/C6H4O2.C3H6O2/c7-5-3-4-1-2-6(5)8-4;1-2-3(4)5/h1-3,7H;2H2,1H3,(H,4,5). The van der Waals surface area contributed by atoms with E-state index in [0.29, 0.717) is 5.58 Å². The highest BCUT2D eigenvalue weighted by Crippen LogP contribution is 2.26. The third-order valence-electron chi connectivity index (χ3n) is 1.46. The average molecular weight is 182 g/mol. The van der Waals surface area contributed by atoms with Gasteiger partial charge < -0.3 is 14.6 Å². The molecule has 0 aliphatic heterocycles. The molecule has 2 aromatic heterocycles. The molecule has 2 heterocycles. The summed E-state index contributed by atoms with van der Waals surface area (Å²) in [7, 11) is 0. The molecule has 0 fully saturated rings. The van der Waals surface area contributed by atoms with Crippen molar-refractivity contribution in [1.29, 1.82) is 0 Å². The van der Waals surface area contributed by atoms with Crippen LogP contribution >= 0.6 is 0 Å². The normalized spacial score (nSPS) is 9.62. The summed E-state index contributed by atoms with van der Waals surface area (Å²) in [5, 5.41) is 16.6. The quantitative estimate of drug-likeness (QED) is 0.708. The predicted octanol–water partition coefficient (Wildman–Crippen LogP) is 2.06. The number of phenols is 1. The molecule has 0 unspecified atom stereocenters. The summed E-state index contributed by atoms with van der Waals surface area (Å²) < 4.78 is 4.96. The van der Waals surface area contributed by atoms with Gasteiger partial charge >= 0.3 is 5.97 Å². The van der Waals surface area contributed by atoms with Crippen LogP contribution in [0.5, 0.6) is 5.75 Å². The van der Waals surface area contributed by atoms with Gasteiger partial charge in [-0.1, -0.05) is 6.92 Å². The van der Waals surface area contributed by atoms with Crippen molar-refractivity contribution < 1.29 is 19.4 Å². The number of hydrogen-bond donors (Lipinski definition) is 2. The number of hydrogen-bond acceptors (Lipinski definition) is 3. The average Bonchev–Trinajstić information content (AvgIpc) is 2.65. The van der Waals surface area contributed by atoms with Crippen LogP contribution in [0.25, 0.3) is 11.2 Å². The van der Waals surface area contributed by atoms with E-state index in [1.807, 2.05) is 6.07 Å². The molecule has 2 N–H and O–H groups in total. The van der Waals surface area contributed by atoms with E-state index in [1.54, 1.807) is 19.1 Å². The van der Waals surface area contributed by atoms with Crippen LogP contribution in [0.15, 0.2) is 22.6 Å². The van der Waals surface area contributed by atoms with Gasteiger partial charge in [-0.3, -0.25) is 4.79 Å². The van der Waals surface area contributed by atoms with E-state index >= 15 is 0 Å². The first-order valence-electron chi connectivity index (χ1n) is 3.86. The Kier molecular flexibility index (Phi) is 2.74. The number of rotatable bonds is 1. The molecule has 70 valence electrons. The molecule has 0 aliphatic rings. The fourth-order valence-electron chi connectivity index (χ4n) is 0.774. The Morgan fingerprint density at radius 2 is 2.15 bits per heavy atom. The van der Waals surface area contributed by atoms with Crippen LogP contribution in [-0.4, -0.2) is 16.2 Å². The molecule has 0 atom stereocenters. The first-order chi connectivity index (χ1) is 6.13. The van der Waals surface area contributed by atoms with E-state index in [0.717, 1.165) is 5.58 Å². The molecule has 0 aliphatic carbocycles. The van der Waals surface area contributed by atoms with Gasteiger partial charge in [0.2, 0.25) is 0 Å². The molecule has 0 saturated carbocycles. The molecule has 2 rings (SSSR count). The Bertz CT molecular complexity index is 377. The highest BCUT2D eigenvalue weighted by molar-refractivity contribution is 5.68. The van der Waals surface area contributed by atoms with E-state index in [9.17, 15) is 4.79 Å². The van der Waals surface area contributed by atoms with Gasteiger partial charge in [-0.25, -0.2) is 0 Å². The molecule has 4 heteroatoms. The second-order valence-corrected chi connectivity index (χ2v) is 2.48. The zero-order valence-electron chi connectivity index (χ0n) is 7.15. The zero-order valence-corrected chi connectivity index (χ0v) is 7.15. The molecule has 0 aromatic carbocycles. The van der Waals surface area contributed by atoms with Gasteiger partial charge in [0, 0.05) is 12.5 Å². The van der Waals surface area contributed by atoms with E-state index in [1.165, 1.54) is 0 Å². The first-order valence-corrected chi connectivity index (χ1v) is 3.86. The van der Waals surface area contributed by atoms with Crippen LogP contribution in [0.1, 0.15) is 13.3 Å². The van der Waals surface area contributed by atoms with Crippen LogP contribution in [0.2, 0.25) is 0 Å². The fraction of sp³-hybridized carbons (Fsp3) is 0.222. The van der Waals surface area contributed by atoms with Crippen molar-refractivity contribution in [3.8, 4) is 5.75 Å². The second kappa shape index (κ2) is 3.80. The van der Waals surface area contributed by atoms with Gasteiger partial charge in [0.25, 0.3) is 0 Å². The minimum atomic E-state index is -0.745. The Morgan fingerprint density at radius 3 is 2.31 bits per heavy atom. The lowest BCUT2D eigenvalue weighted by Gasteiger charge is -1.76. The number of carboxylic acids is 1. The lowest BCUT2D eigenvalue weighted by atomic mass is 10.3.